The molecule has 0 aliphatic carbocycles. The molecule has 1 atom stereocenters. The van der Waals surface area contributed by atoms with Crippen LogP contribution in [0.1, 0.15) is 57.1 Å². The van der Waals surface area contributed by atoms with Crippen LogP contribution < -0.4 is 11.1 Å². The summed E-state index contributed by atoms with van der Waals surface area (Å²) in [5.41, 5.74) is 8.33. The molecule has 0 aliphatic rings. The van der Waals surface area contributed by atoms with Gasteiger partial charge in [0, 0.05) is 19.0 Å². The highest BCUT2D eigenvalue weighted by Gasteiger charge is 2.03. The third-order valence-corrected chi connectivity index (χ3v) is 3.44. The smallest absolute Gasteiger partial charge is 0.220 e. The minimum Gasteiger partial charge on any atom is -0.356 e. The molecule has 0 bridgehead atoms. The molecule has 1 aromatic carbocycles. The molecule has 1 rings (SSSR count). The highest BCUT2D eigenvalue weighted by Crippen LogP contribution is 2.15. The molecule has 1 unspecified atom stereocenters. The van der Waals surface area contributed by atoms with Crippen molar-refractivity contribution in [1.29, 1.82) is 0 Å². The monoisotopic (exact) mass is 312 g/mol. The summed E-state index contributed by atoms with van der Waals surface area (Å²) < 4.78 is 0. The lowest BCUT2D eigenvalue weighted by molar-refractivity contribution is -0.121. The SMILES string of the molecule is CC(N)CCC(=O)NCCCc1ccc(C(C)C)cc1.Cl. The van der Waals surface area contributed by atoms with Gasteiger partial charge in [0.1, 0.15) is 0 Å². The summed E-state index contributed by atoms with van der Waals surface area (Å²) >= 11 is 0. The lowest BCUT2D eigenvalue weighted by Gasteiger charge is -2.08. The van der Waals surface area contributed by atoms with Crippen LogP contribution in [0, 0.1) is 0 Å². The number of nitrogens with two attached hydrogens (primary N) is 1. The van der Waals surface area contributed by atoms with Crippen LogP contribution in [-0.2, 0) is 11.2 Å². The van der Waals surface area contributed by atoms with Crippen molar-refractivity contribution in [2.24, 2.45) is 5.73 Å². The number of benzene rings is 1. The largest absolute Gasteiger partial charge is 0.356 e. The summed E-state index contributed by atoms with van der Waals surface area (Å²) in [7, 11) is 0. The first-order valence-corrected chi connectivity index (χ1v) is 7.60. The molecule has 0 heterocycles. The van der Waals surface area contributed by atoms with Crippen LogP contribution in [0.2, 0.25) is 0 Å². The maximum absolute atomic E-state index is 11.5. The van der Waals surface area contributed by atoms with Gasteiger partial charge in [-0.25, -0.2) is 0 Å². The Morgan fingerprint density at radius 2 is 1.81 bits per heavy atom. The zero-order chi connectivity index (χ0) is 15.0. The van der Waals surface area contributed by atoms with Gasteiger partial charge in [-0.2, -0.15) is 0 Å². The maximum atomic E-state index is 11.5. The lowest BCUT2D eigenvalue weighted by atomic mass is 10.0. The molecule has 0 saturated heterocycles. The van der Waals surface area contributed by atoms with Crippen LogP contribution >= 0.6 is 12.4 Å². The Hall–Kier alpha value is -1.06. The molecule has 0 fully saturated rings. The second-order valence-electron chi connectivity index (χ2n) is 5.87. The second kappa shape index (κ2) is 10.6. The number of carbonyl (C=O) groups is 1. The Morgan fingerprint density at radius 1 is 1.19 bits per heavy atom. The number of amides is 1. The van der Waals surface area contributed by atoms with E-state index in [0.717, 1.165) is 25.8 Å². The zero-order valence-electron chi connectivity index (χ0n) is 13.4. The number of halogens is 1. The summed E-state index contributed by atoms with van der Waals surface area (Å²) in [6.07, 6.45) is 3.26. The third kappa shape index (κ3) is 8.74. The fourth-order valence-electron chi connectivity index (χ4n) is 2.04. The quantitative estimate of drug-likeness (QED) is 0.723. The van der Waals surface area contributed by atoms with Crippen LogP contribution in [-0.4, -0.2) is 18.5 Å². The summed E-state index contributed by atoms with van der Waals surface area (Å²) in [6.45, 7) is 7.07. The number of carbonyl (C=O) groups excluding carboxylic acids is 1. The molecule has 1 amide bonds. The number of rotatable bonds is 8. The first kappa shape index (κ1) is 19.9. The first-order valence-electron chi connectivity index (χ1n) is 7.60. The van der Waals surface area contributed by atoms with Crippen molar-refractivity contribution in [2.45, 2.75) is 58.4 Å². The topological polar surface area (TPSA) is 55.1 Å². The number of hydrogen-bond donors (Lipinski definition) is 2. The third-order valence-electron chi connectivity index (χ3n) is 3.44. The Labute approximate surface area is 135 Å². The molecule has 1 aromatic rings. The van der Waals surface area contributed by atoms with Crippen LogP contribution in [0.5, 0.6) is 0 Å². The Bertz CT molecular complexity index is 402. The molecule has 3 nitrogen and oxygen atoms in total. The van der Waals surface area contributed by atoms with Crippen molar-refractivity contribution in [2.75, 3.05) is 6.54 Å². The standard InChI is InChI=1S/C17H28N2O.ClH/c1-13(2)16-9-7-15(8-10-16)5-4-12-19-17(20)11-6-14(3)18;/h7-10,13-14H,4-6,11-12,18H2,1-3H3,(H,19,20);1H. The van der Waals surface area contributed by atoms with E-state index in [1.54, 1.807) is 0 Å². The summed E-state index contributed by atoms with van der Waals surface area (Å²) in [6, 6.07) is 8.86. The second-order valence-corrected chi connectivity index (χ2v) is 5.87. The zero-order valence-corrected chi connectivity index (χ0v) is 14.2. The van der Waals surface area contributed by atoms with Gasteiger partial charge in [-0.3, -0.25) is 4.79 Å². The molecular formula is C17H29ClN2O. The van der Waals surface area contributed by atoms with Gasteiger partial charge >= 0.3 is 0 Å². The Balaban J connectivity index is 0.00000400. The van der Waals surface area contributed by atoms with Gasteiger partial charge in [-0.15, -0.1) is 12.4 Å². The van der Waals surface area contributed by atoms with Crippen LogP contribution in [0.4, 0.5) is 0 Å². The Kier molecular flexibility index (Phi) is 10.1. The van der Waals surface area contributed by atoms with Crippen LogP contribution in [0.3, 0.4) is 0 Å². The fourth-order valence-corrected chi connectivity index (χ4v) is 2.04. The molecule has 120 valence electrons. The maximum Gasteiger partial charge on any atom is 0.220 e. The van der Waals surface area contributed by atoms with E-state index in [4.69, 9.17) is 5.73 Å². The van der Waals surface area contributed by atoms with E-state index in [1.165, 1.54) is 11.1 Å². The van der Waals surface area contributed by atoms with Gasteiger partial charge in [0.2, 0.25) is 5.91 Å². The number of hydrogen-bond acceptors (Lipinski definition) is 2. The predicted octanol–water partition coefficient (Wildman–Crippen LogP) is 3.41. The summed E-state index contributed by atoms with van der Waals surface area (Å²) in [5, 5.41) is 2.94. The summed E-state index contributed by atoms with van der Waals surface area (Å²) in [5.74, 6) is 0.686. The van der Waals surface area contributed by atoms with Crippen molar-refractivity contribution < 1.29 is 4.79 Å². The number of aryl methyl sites for hydroxylation is 1. The highest BCUT2D eigenvalue weighted by atomic mass is 35.5. The van der Waals surface area contributed by atoms with E-state index >= 15 is 0 Å². The molecule has 0 radical (unpaired) electrons. The van der Waals surface area contributed by atoms with E-state index in [2.05, 4.69) is 43.4 Å². The fraction of sp³-hybridized carbons (Fsp3) is 0.588. The van der Waals surface area contributed by atoms with Crippen molar-refractivity contribution in [3.05, 3.63) is 35.4 Å². The normalized spacial score (nSPS) is 11.9. The van der Waals surface area contributed by atoms with Crippen LogP contribution in [0.25, 0.3) is 0 Å². The van der Waals surface area contributed by atoms with Crippen molar-refractivity contribution in [1.82, 2.24) is 5.32 Å². The van der Waals surface area contributed by atoms with E-state index in [-0.39, 0.29) is 24.4 Å². The van der Waals surface area contributed by atoms with Crippen molar-refractivity contribution in [3.63, 3.8) is 0 Å². The van der Waals surface area contributed by atoms with Crippen molar-refractivity contribution in [3.8, 4) is 0 Å². The van der Waals surface area contributed by atoms with Gasteiger partial charge in [-0.05, 0) is 43.2 Å². The van der Waals surface area contributed by atoms with E-state index in [0.29, 0.717) is 12.3 Å². The van der Waals surface area contributed by atoms with E-state index in [9.17, 15) is 4.79 Å². The Morgan fingerprint density at radius 3 is 2.33 bits per heavy atom. The van der Waals surface area contributed by atoms with E-state index < -0.39 is 0 Å². The predicted molar refractivity (Wildman–Crippen MR) is 92.0 cm³/mol. The molecule has 0 aliphatic heterocycles. The van der Waals surface area contributed by atoms with E-state index in [1.807, 2.05) is 6.92 Å². The number of nitrogens with one attached hydrogen (secondary N) is 1. The first-order chi connectivity index (χ1) is 9.49. The minimum absolute atomic E-state index is 0. The molecule has 0 aromatic heterocycles. The lowest BCUT2D eigenvalue weighted by Crippen LogP contribution is -2.26. The minimum atomic E-state index is 0. The molecule has 0 spiro atoms. The van der Waals surface area contributed by atoms with Crippen LogP contribution in [0.15, 0.2) is 24.3 Å². The van der Waals surface area contributed by atoms with Gasteiger partial charge in [-0.1, -0.05) is 38.1 Å². The van der Waals surface area contributed by atoms with Gasteiger partial charge in [0.25, 0.3) is 0 Å². The average Bonchev–Trinajstić information content (AvgIpc) is 2.42. The molecular weight excluding hydrogens is 284 g/mol. The van der Waals surface area contributed by atoms with Crippen molar-refractivity contribution >= 4 is 18.3 Å². The highest BCUT2D eigenvalue weighted by molar-refractivity contribution is 5.85. The molecule has 0 saturated carbocycles. The van der Waals surface area contributed by atoms with Gasteiger partial charge in [0.05, 0.1) is 0 Å². The molecule has 3 N–H and O–H groups in total. The molecule has 21 heavy (non-hydrogen) atoms. The van der Waals surface area contributed by atoms with Gasteiger partial charge < -0.3 is 11.1 Å². The van der Waals surface area contributed by atoms with Gasteiger partial charge in [0.15, 0.2) is 0 Å². The molecule has 4 heteroatoms. The average molecular weight is 313 g/mol. The summed E-state index contributed by atoms with van der Waals surface area (Å²) in [4.78, 5) is 11.5.